The SMILES string of the molecule is O=C1C(=O)N(CC(=O)c2sccc2Br)c2ccccc21. The molecule has 0 fully saturated rings. The number of Topliss-reactive ketones (excluding diaryl/α,β-unsaturated/α-hetero) is 2. The lowest BCUT2D eigenvalue weighted by Gasteiger charge is -2.14. The van der Waals surface area contributed by atoms with Crippen LogP contribution >= 0.6 is 27.3 Å². The molecule has 0 spiro atoms. The van der Waals surface area contributed by atoms with E-state index in [1.54, 1.807) is 35.7 Å². The van der Waals surface area contributed by atoms with Crippen LogP contribution in [0.2, 0.25) is 0 Å². The number of fused-ring (bicyclic) bond motifs is 1. The third-order valence-corrected chi connectivity index (χ3v) is 4.93. The normalized spacial score (nSPS) is 13.8. The number of benzene rings is 1. The van der Waals surface area contributed by atoms with Gasteiger partial charge in [-0.2, -0.15) is 0 Å². The molecule has 2 aromatic rings. The Morgan fingerprint density at radius 1 is 1.20 bits per heavy atom. The van der Waals surface area contributed by atoms with Gasteiger partial charge in [0, 0.05) is 4.47 Å². The Hall–Kier alpha value is -1.79. The number of nitrogens with zero attached hydrogens (tertiary/aromatic N) is 1. The molecule has 100 valence electrons. The van der Waals surface area contributed by atoms with Crippen LogP contribution in [0.5, 0.6) is 0 Å². The first-order valence-corrected chi connectivity index (χ1v) is 7.48. The molecule has 1 aliphatic rings. The Bertz CT molecular complexity index is 738. The first-order valence-electron chi connectivity index (χ1n) is 5.81. The van der Waals surface area contributed by atoms with Crippen LogP contribution in [0, 0.1) is 0 Å². The second-order valence-corrected chi connectivity index (χ2v) is 6.03. The third-order valence-electron chi connectivity index (χ3n) is 3.05. The van der Waals surface area contributed by atoms with E-state index in [0.29, 0.717) is 20.6 Å². The number of thiophene rings is 1. The highest BCUT2D eigenvalue weighted by atomic mass is 79.9. The minimum absolute atomic E-state index is 0.124. The van der Waals surface area contributed by atoms with E-state index in [0.717, 1.165) is 0 Å². The molecule has 0 atom stereocenters. The molecular formula is C14H8BrNO3S. The van der Waals surface area contributed by atoms with Gasteiger partial charge in [0.25, 0.3) is 11.7 Å². The van der Waals surface area contributed by atoms with Gasteiger partial charge in [-0.05, 0) is 39.5 Å². The summed E-state index contributed by atoms with van der Waals surface area (Å²) in [5, 5.41) is 1.79. The highest BCUT2D eigenvalue weighted by molar-refractivity contribution is 9.10. The number of para-hydroxylation sites is 1. The van der Waals surface area contributed by atoms with Crippen LogP contribution in [-0.4, -0.2) is 24.0 Å². The van der Waals surface area contributed by atoms with Crippen molar-refractivity contribution in [1.29, 1.82) is 0 Å². The van der Waals surface area contributed by atoms with E-state index in [9.17, 15) is 14.4 Å². The van der Waals surface area contributed by atoms with E-state index in [1.165, 1.54) is 16.2 Å². The number of halogens is 1. The zero-order valence-corrected chi connectivity index (χ0v) is 12.5. The van der Waals surface area contributed by atoms with E-state index < -0.39 is 11.7 Å². The van der Waals surface area contributed by atoms with Gasteiger partial charge in [-0.15, -0.1) is 11.3 Å². The van der Waals surface area contributed by atoms with Crippen LogP contribution in [-0.2, 0) is 4.79 Å². The Labute approximate surface area is 127 Å². The lowest BCUT2D eigenvalue weighted by Crippen LogP contribution is -2.34. The number of rotatable bonds is 3. The maximum Gasteiger partial charge on any atom is 0.299 e. The smallest absolute Gasteiger partial charge is 0.297 e. The number of ketones is 2. The summed E-state index contributed by atoms with van der Waals surface area (Å²) in [7, 11) is 0. The summed E-state index contributed by atoms with van der Waals surface area (Å²) in [5.41, 5.74) is 0.860. The highest BCUT2D eigenvalue weighted by Gasteiger charge is 2.36. The summed E-state index contributed by atoms with van der Waals surface area (Å²) in [6, 6.07) is 8.49. The first-order chi connectivity index (χ1) is 9.59. The number of hydrogen-bond donors (Lipinski definition) is 0. The average molecular weight is 350 g/mol. The molecule has 0 saturated carbocycles. The van der Waals surface area contributed by atoms with Crippen molar-refractivity contribution in [3.8, 4) is 0 Å². The van der Waals surface area contributed by atoms with Crippen molar-refractivity contribution in [2.45, 2.75) is 0 Å². The molecule has 0 saturated heterocycles. The summed E-state index contributed by atoms with van der Waals surface area (Å²) < 4.78 is 0.707. The predicted octanol–water partition coefficient (Wildman–Crippen LogP) is 2.92. The van der Waals surface area contributed by atoms with Crippen molar-refractivity contribution < 1.29 is 14.4 Å². The molecule has 6 heteroatoms. The molecule has 1 aliphatic heterocycles. The van der Waals surface area contributed by atoms with Gasteiger partial charge < -0.3 is 0 Å². The molecule has 1 aromatic carbocycles. The lowest BCUT2D eigenvalue weighted by molar-refractivity contribution is -0.114. The maximum atomic E-state index is 12.2. The monoisotopic (exact) mass is 349 g/mol. The zero-order valence-electron chi connectivity index (χ0n) is 10.1. The quantitative estimate of drug-likeness (QED) is 0.632. The number of carbonyl (C=O) groups excluding carboxylic acids is 3. The van der Waals surface area contributed by atoms with Crippen molar-refractivity contribution in [1.82, 2.24) is 0 Å². The van der Waals surface area contributed by atoms with Crippen molar-refractivity contribution in [2.24, 2.45) is 0 Å². The Kier molecular flexibility index (Phi) is 3.27. The van der Waals surface area contributed by atoms with E-state index in [-0.39, 0.29) is 12.3 Å². The second kappa shape index (κ2) is 4.96. The molecule has 0 unspecified atom stereocenters. The van der Waals surface area contributed by atoms with Gasteiger partial charge in [-0.1, -0.05) is 12.1 Å². The zero-order chi connectivity index (χ0) is 14.3. The summed E-state index contributed by atoms with van der Waals surface area (Å²) >= 11 is 4.60. The van der Waals surface area contributed by atoms with Crippen molar-refractivity contribution in [2.75, 3.05) is 11.4 Å². The molecule has 4 nitrogen and oxygen atoms in total. The molecule has 1 amide bonds. The number of carbonyl (C=O) groups is 3. The van der Waals surface area contributed by atoms with Crippen LogP contribution in [0.25, 0.3) is 0 Å². The van der Waals surface area contributed by atoms with Gasteiger partial charge in [-0.25, -0.2) is 0 Å². The average Bonchev–Trinajstić information content (AvgIpc) is 2.97. The minimum Gasteiger partial charge on any atom is -0.297 e. The maximum absolute atomic E-state index is 12.2. The largest absolute Gasteiger partial charge is 0.299 e. The van der Waals surface area contributed by atoms with Crippen LogP contribution < -0.4 is 4.90 Å². The molecule has 20 heavy (non-hydrogen) atoms. The molecule has 1 aromatic heterocycles. The predicted molar refractivity (Wildman–Crippen MR) is 79.5 cm³/mol. The lowest BCUT2D eigenvalue weighted by atomic mass is 10.1. The fraction of sp³-hybridized carbons (Fsp3) is 0.0714. The summed E-state index contributed by atoms with van der Waals surface area (Å²) in [6.45, 7) is -0.124. The van der Waals surface area contributed by atoms with Gasteiger partial charge in [0.1, 0.15) is 0 Å². The Morgan fingerprint density at radius 3 is 2.65 bits per heavy atom. The van der Waals surface area contributed by atoms with Gasteiger partial charge in [0.15, 0.2) is 5.78 Å². The summed E-state index contributed by atoms with van der Waals surface area (Å²) in [6.07, 6.45) is 0. The number of amides is 1. The highest BCUT2D eigenvalue weighted by Crippen LogP contribution is 2.30. The Morgan fingerprint density at radius 2 is 1.95 bits per heavy atom. The molecule has 2 heterocycles. The van der Waals surface area contributed by atoms with Gasteiger partial charge >= 0.3 is 0 Å². The first kappa shape index (κ1) is 13.2. The van der Waals surface area contributed by atoms with Gasteiger partial charge in [-0.3, -0.25) is 19.3 Å². The topological polar surface area (TPSA) is 54.5 Å². The van der Waals surface area contributed by atoms with Gasteiger partial charge in [0.05, 0.1) is 22.7 Å². The van der Waals surface area contributed by atoms with E-state index in [1.807, 2.05) is 0 Å². The Balaban J connectivity index is 1.92. The summed E-state index contributed by atoms with van der Waals surface area (Å²) in [5.74, 6) is -1.39. The van der Waals surface area contributed by atoms with Crippen LogP contribution in [0.1, 0.15) is 20.0 Å². The van der Waals surface area contributed by atoms with E-state index in [2.05, 4.69) is 15.9 Å². The van der Waals surface area contributed by atoms with Gasteiger partial charge in [0.2, 0.25) is 0 Å². The van der Waals surface area contributed by atoms with Crippen LogP contribution in [0.3, 0.4) is 0 Å². The number of anilines is 1. The van der Waals surface area contributed by atoms with E-state index in [4.69, 9.17) is 0 Å². The van der Waals surface area contributed by atoms with Crippen molar-refractivity contribution in [3.63, 3.8) is 0 Å². The van der Waals surface area contributed by atoms with Crippen molar-refractivity contribution >= 4 is 50.4 Å². The minimum atomic E-state index is -0.646. The molecule has 0 radical (unpaired) electrons. The second-order valence-electron chi connectivity index (χ2n) is 4.26. The standard InChI is InChI=1S/C14H8BrNO3S/c15-9-5-6-20-13(9)11(17)7-16-10-4-2-1-3-8(10)12(18)14(16)19/h1-6H,7H2. The molecular weight excluding hydrogens is 342 g/mol. The molecule has 0 N–H and O–H groups in total. The van der Waals surface area contributed by atoms with Crippen LogP contribution in [0.15, 0.2) is 40.2 Å². The summed E-state index contributed by atoms with van der Waals surface area (Å²) in [4.78, 5) is 37.8. The van der Waals surface area contributed by atoms with Crippen LogP contribution in [0.4, 0.5) is 5.69 Å². The van der Waals surface area contributed by atoms with E-state index >= 15 is 0 Å². The molecule has 0 aliphatic carbocycles. The molecule has 0 bridgehead atoms. The number of hydrogen-bond acceptors (Lipinski definition) is 4. The fourth-order valence-electron chi connectivity index (χ4n) is 2.11. The molecule has 3 rings (SSSR count). The fourth-order valence-corrected chi connectivity index (χ4v) is 3.64. The third kappa shape index (κ3) is 2.01. The van der Waals surface area contributed by atoms with Crippen molar-refractivity contribution in [3.05, 3.63) is 50.6 Å².